The number of unbranched alkanes of at least 4 members (excludes halogenated alkanes) is 7. The number of carbonyl (C=O) groups excluding carboxylic acids is 1. The van der Waals surface area contributed by atoms with Crippen molar-refractivity contribution in [2.24, 2.45) is 0 Å². The highest BCUT2D eigenvalue weighted by atomic mass is 16.7. The predicted molar refractivity (Wildman–Crippen MR) is 89.7 cm³/mol. The molecule has 1 aromatic rings. The van der Waals surface area contributed by atoms with Gasteiger partial charge in [-0.25, -0.2) is 9.59 Å². The zero-order valence-corrected chi connectivity index (χ0v) is 14.1. The molecule has 2 N–H and O–H groups in total. The fourth-order valence-electron chi connectivity index (χ4n) is 2.27. The Morgan fingerprint density at radius 1 is 1.00 bits per heavy atom. The topological polar surface area (TPSA) is 93.1 Å². The van der Waals surface area contributed by atoms with Crippen molar-refractivity contribution in [3.05, 3.63) is 23.8 Å². The minimum atomic E-state index is -1.25. The van der Waals surface area contributed by atoms with E-state index in [0.29, 0.717) is 0 Å². The molecular weight excluding hydrogens is 312 g/mol. The normalized spacial score (nSPS) is 10.4. The third-order valence-electron chi connectivity index (χ3n) is 3.62. The van der Waals surface area contributed by atoms with Crippen LogP contribution in [0, 0.1) is 0 Å². The molecule has 0 unspecified atom stereocenters. The molecule has 134 valence electrons. The van der Waals surface area contributed by atoms with Crippen LogP contribution in [0.15, 0.2) is 18.2 Å². The Kier molecular flexibility index (Phi) is 9.34. The molecule has 0 saturated carbocycles. The van der Waals surface area contributed by atoms with E-state index in [-0.39, 0.29) is 17.9 Å². The predicted octanol–water partition coefficient (Wildman–Crippen LogP) is 4.75. The van der Waals surface area contributed by atoms with Gasteiger partial charge < -0.3 is 19.7 Å². The number of rotatable bonds is 11. The van der Waals surface area contributed by atoms with Gasteiger partial charge in [0.2, 0.25) is 0 Å². The van der Waals surface area contributed by atoms with E-state index in [1.807, 2.05) is 0 Å². The van der Waals surface area contributed by atoms with E-state index in [4.69, 9.17) is 14.6 Å². The summed E-state index contributed by atoms with van der Waals surface area (Å²) in [5.74, 6) is -1.68. The first-order valence-electron chi connectivity index (χ1n) is 8.45. The molecule has 1 aromatic carbocycles. The second kappa shape index (κ2) is 11.3. The summed E-state index contributed by atoms with van der Waals surface area (Å²) in [6, 6.07) is 3.53. The number of phenols is 1. The number of aromatic hydroxyl groups is 1. The molecule has 0 aliphatic rings. The summed E-state index contributed by atoms with van der Waals surface area (Å²) in [7, 11) is 0. The lowest BCUT2D eigenvalue weighted by atomic mass is 10.1. The van der Waals surface area contributed by atoms with Gasteiger partial charge in [-0.2, -0.15) is 0 Å². The van der Waals surface area contributed by atoms with Crippen molar-refractivity contribution in [1.82, 2.24) is 0 Å². The van der Waals surface area contributed by atoms with Crippen molar-refractivity contribution in [2.75, 3.05) is 6.61 Å². The minimum Gasteiger partial charge on any atom is -0.507 e. The highest BCUT2D eigenvalue weighted by Gasteiger charge is 2.12. The fraction of sp³-hybridized carbons (Fsp3) is 0.556. The highest BCUT2D eigenvalue weighted by Crippen LogP contribution is 2.23. The number of carboxylic acid groups (broad SMARTS) is 1. The van der Waals surface area contributed by atoms with E-state index in [9.17, 15) is 14.7 Å². The van der Waals surface area contributed by atoms with Crippen LogP contribution in [0.1, 0.15) is 68.6 Å². The van der Waals surface area contributed by atoms with E-state index in [1.165, 1.54) is 44.2 Å². The first kappa shape index (κ1) is 19.8. The molecule has 0 bridgehead atoms. The summed E-state index contributed by atoms with van der Waals surface area (Å²) < 4.78 is 9.84. The maximum absolute atomic E-state index is 11.5. The maximum atomic E-state index is 11.5. The lowest BCUT2D eigenvalue weighted by Crippen LogP contribution is -2.11. The van der Waals surface area contributed by atoms with Crippen LogP contribution in [0.3, 0.4) is 0 Å². The Labute approximate surface area is 142 Å². The molecule has 1 rings (SSSR count). The molecule has 0 radical (unpaired) electrons. The van der Waals surface area contributed by atoms with Gasteiger partial charge in [0.1, 0.15) is 17.1 Å². The highest BCUT2D eigenvalue weighted by molar-refractivity contribution is 5.91. The summed E-state index contributed by atoms with van der Waals surface area (Å²) in [5.41, 5.74) is -0.255. The van der Waals surface area contributed by atoms with Crippen LogP contribution in [-0.4, -0.2) is 28.9 Å². The van der Waals surface area contributed by atoms with Gasteiger partial charge in [0, 0.05) is 6.07 Å². The Balaban J connectivity index is 2.16. The van der Waals surface area contributed by atoms with E-state index >= 15 is 0 Å². The van der Waals surface area contributed by atoms with E-state index in [0.717, 1.165) is 25.3 Å². The number of aromatic carboxylic acids is 1. The van der Waals surface area contributed by atoms with Crippen molar-refractivity contribution < 1.29 is 29.3 Å². The largest absolute Gasteiger partial charge is 0.513 e. The second-order valence-electron chi connectivity index (χ2n) is 5.66. The first-order valence-corrected chi connectivity index (χ1v) is 8.45. The number of hydrogen-bond acceptors (Lipinski definition) is 5. The van der Waals surface area contributed by atoms with Crippen molar-refractivity contribution in [1.29, 1.82) is 0 Å². The molecule has 0 aromatic heterocycles. The van der Waals surface area contributed by atoms with Gasteiger partial charge in [0.25, 0.3) is 0 Å². The minimum absolute atomic E-state index is 0.0402. The number of carbonyl (C=O) groups is 2. The monoisotopic (exact) mass is 338 g/mol. The summed E-state index contributed by atoms with van der Waals surface area (Å²) in [6.45, 7) is 2.48. The summed E-state index contributed by atoms with van der Waals surface area (Å²) >= 11 is 0. The lowest BCUT2D eigenvalue weighted by molar-refractivity contribution is 0.0693. The molecule has 24 heavy (non-hydrogen) atoms. The van der Waals surface area contributed by atoms with Gasteiger partial charge in [-0.1, -0.05) is 51.9 Å². The van der Waals surface area contributed by atoms with Crippen LogP contribution in [-0.2, 0) is 4.74 Å². The van der Waals surface area contributed by atoms with Crippen LogP contribution < -0.4 is 4.74 Å². The van der Waals surface area contributed by atoms with Crippen LogP contribution in [0.2, 0.25) is 0 Å². The lowest BCUT2D eigenvalue weighted by Gasteiger charge is -2.07. The molecule has 0 aliphatic heterocycles. The second-order valence-corrected chi connectivity index (χ2v) is 5.66. The molecule has 0 saturated heterocycles. The summed E-state index contributed by atoms with van der Waals surface area (Å²) in [6.07, 6.45) is 8.34. The molecule has 0 fully saturated rings. The van der Waals surface area contributed by atoms with Crippen LogP contribution >= 0.6 is 0 Å². The standard InChI is InChI=1S/C18H26O6/c1-2-3-4-5-6-7-8-9-12-23-18(22)24-14-10-11-15(17(20)21)16(19)13-14/h10-11,13,19H,2-9,12H2,1H3,(H,20,21). The van der Waals surface area contributed by atoms with Crippen molar-refractivity contribution in [3.8, 4) is 11.5 Å². The average molecular weight is 338 g/mol. The smallest absolute Gasteiger partial charge is 0.507 e. The average Bonchev–Trinajstić information content (AvgIpc) is 2.53. The van der Waals surface area contributed by atoms with Gasteiger partial charge in [-0.15, -0.1) is 0 Å². The summed E-state index contributed by atoms with van der Waals surface area (Å²) in [5, 5.41) is 18.3. The molecule has 6 heteroatoms. The SMILES string of the molecule is CCCCCCCCCCOC(=O)Oc1ccc(C(=O)O)c(O)c1. The van der Waals surface area contributed by atoms with Crippen LogP contribution in [0.25, 0.3) is 0 Å². The fourth-order valence-corrected chi connectivity index (χ4v) is 2.27. The number of hydrogen-bond donors (Lipinski definition) is 2. The third-order valence-corrected chi connectivity index (χ3v) is 3.62. The van der Waals surface area contributed by atoms with Crippen molar-refractivity contribution in [3.63, 3.8) is 0 Å². The van der Waals surface area contributed by atoms with Gasteiger partial charge in [0.15, 0.2) is 0 Å². The van der Waals surface area contributed by atoms with E-state index in [2.05, 4.69) is 6.92 Å². The van der Waals surface area contributed by atoms with Crippen molar-refractivity contribution in [2.45, 2.75) is 58.3 Å². The van der Waals surface area contributed by atoms with Gasteiger partial charge in [-0.05, 0) is 18.6 Å². The van der Waals surface area contributed by atoms with E-state index < -0.39 is 17.9 Å². The Morgan fingerprint density at radius 2 is 1.62 bits per heavy atom. The molecule has 0 atom stereocenters. The summed E-state index contributed by atoms with van der Waals surface area (Å²) in [4.78, 5) is 22.3. The first-order chi connectivity index (χ1) is 11.5. The molecule has 0 amide bonds. The van der Waals surface area contributed by atoms with Crippen LogP contribution in [0.5, 0.6) is 11.5 Å². The third kappa shape index (κ3) is 7.85. The molecule has 6 nitrogen and oxygen atoms in total. The molecular formula is C18H26O6. The Hall–Kier alpha value is -2.24. The molecule has 0 spiro atoms. The van der Waals surface area contributed by atoms with Gasteiger partial charge in [-0.3, -0.25) is 0 Å². The number of ether oxygens (including phenoxy) is 2. The zero-order chi connectivity index (χ0) is 17.8. The Morgan fingerprint density at radius 3 is 2.21 bits per heavy atom. The quantitative estimate of drug-likeness (QED) is 0.344. The Bertz CT molecular complexity index is 526. The van der Waals surface area contributed by atoms with Gasteiger partial charge >= 0.3 is 12.1 Å². The zero-order valence-electron chi connectivity index (χ0n) is 14.1. The molecule has 0 aliphatic carbocycles. The maximum Gasteiger partial charge on any atom is 0.513 e. The van der Waals surface area contributed by atoms with Gasteiger partial charge in [0.05, 0.1) is 6.61 Å². The van der Waals surface area contributed by atoms with E-state index in [1.54, 1.807) is 0 Å². The van der Waals surface area contributed by atoms with Crippen molar-refractivity contribution >= 4 is 12.1 Å². The van der Waals surface area contributed by atoms with Crippen LogP contribution in [0.4, 0.5) is 4.79 Å². The number of benzene rings is 1. The number of carboxylic acids is 1. The molecule has 0 heterocycles.